The molecule has 0 spiro atoms. The average Bonchev–Trinajstić information content (AvgIpc) is 3.23. The Morgan fingerprint density at radius 1 is 0.406 bits per heavy atom. The van der Waals surface area contributed by atoms with Crippen LogP contribution in [0.4, 0.5) is 11.4 Å². The maximum atomic E-state index is 3.56. The average molecular weight is 428 g/mol. The molecule has 0 aliphatic heterocycles. The molecule has 0 bridgehead atoms. The van der Waals surface area contributed by atoms with Crippen LogP contribution in [0, 0.1) is 0 Å². The molecule has 0 radical (unpaired) electrons. The molecule has 0 amide bonds. The predicted molar refractivity (Wildman–Crippen MR) is 140 cm³/mol. The molecule has 0 aliphatic rings. The molecule has 1 N–H and O–H groups in total. The fraction of sp³-hybridized carbons (Fsp3) is 0. The minimum Gasteiger partial charge on any atom is -0.355 e. The minimum absolute atomic E-state index is 1.09. The van der Waals surface area contributed by atoms with Gasteiger partial charge in [-0.05, 0) is 52.6 Å². The lowest BCUT2D eigenvalue weighted by Gasteiger charge is -2.09. The molecular weight excluding hydrogens is 406 g/mol. The van der Waals surface area contributed by atoms with Gasteiger partial charge in [0.25, 0.3) is 0 Å². The normalized spacial score (nSPS) is 11.1. The first-order valence-corrected chi connectivity index (χ1v) is 11.6. The second-order valence-electron chi connectivity index (χ2n) is 7.95. The molecule has 1 nitrogen and oxygen atoms in total. The smallest absolute Gasteiger partial charge is 0.0398 e. The lowest BCUT2D eigenvalue weighted by molar-refractivity contribution is 1.55. The van der Waals surface area contributed by atoms with E-state index in [-0.39, 0.29) is 0 Å². The van der Waals surface area contributed by atoms with Gasteiger partial charge in [0, 0.05) is 31.5 Å². The zero-order valence-electron chi connectivity index (χ0n) is 17.5. The largest absolute Gasteiger partial charge is 0.355 e. The van der Waals surface area contributed by atoms with Crippen molar-refractivity contribution >= 4 is 42.9 Å². The van der Waals surface area contributed by atoms with Gasteiger partial charge in [0.1, 0.15) is 0 Å². The van der Waals surface area contributed by atoms with Crippen molar-refractivity contribution in [1.82, 2.24) is 0 Å². The highest BCUT2D eigenvalue weighted by Gasteiger charge is 2.06. The summed E-state index contributed by atoms with van der Waals surface area (Å²) in [6, 6.07) is 43.2. The Labute approximate surface area is 191 Å². The molecule has 0 aliphatic carbocycles. The Balaban J connectivity index is 1.22. The third kappa shape index (κ3) is 3.55. The van der Waals surface area contributed by atoms with E-state index < -0.39 is 0 Å². The van der Waals surface area contributed by atoms with Crippen LogP contribution in [0.5, 0.6) is 0 Å². The Hall–Kier alpha value is -3.88. The van der Waals surface area contributed by atoms with E-state index in [2.05, 4.69) is 121 Å². The van der Waals surface area contributed by atoms with E-state index in [1.54, 1.807) is 0 Å². The number of thiophene rings is 1. The Morgan fingerprint density at radius 2 is 0.938 bits per heavy atom. The van der Waals surface area contributed by atoms with Crippen LogP contribution in [0.1, 0.15) is 0 Å². The van der Waals surface area contributed by atoms with Crippen LogP contribution in [0.15, 0.2) is 121 Å². The molecule has 0 atom stereocenters. The van der Waals surface area contributed by atoms with Crippen LogP contribution in [0.3, 0.4) is 0 Å². The lowest BCUT2D eigenvalue weighted by atomic mass is 10.0. The van der Waals surface area contributed by atoms with Gasteiger partial charge in [0.15, 0.2) is 0 Å². The van der Waals surface area contributed by atoms with Crippen molar-refractivity contribution in [3.63, 3.8) is 0 Å². The van der Waals surface area contributed by atoms with Gasteiger partial charge in [-0.3, -0.25) is 0 Å². The van der Waals surface area contributed by atoms with Crippen LogP contribution >= 0.6 is 11.3 Å². The number of fused-ring (bicyclic) bond motifs is 3. The molecule has 6 rings (SSSR count). The second kappa shape index (κ2) is 7.99. The highest BCUT2D eigenvalue weighted by Crippen LogP contribution is 2.36. The number of benzene rings is 5. The van der Waals surface area contributed by atoms with Crippen molar-refractivity contribution in [3.05, 3.63) is 121 Å². The van der Waals surface area contributed by atoms with E-state index in [4.69, 9.17) is 0 Å². The van der Waals surface area contributed by atoms with Gasteiger partial charge < -0.3 is 5.32 Å². The second-order valence-corrected chi connectivity index (χ2v) is 9.04. The SMILES string of the molecule is c1ccc(-c2ccc(-c3ccc(Nc4ccc5c(c4)sc4ccccc45)cc3)cc2)cc1. The summed E-state index contributed by atoms with van der Waals surface area (Å²) in [4.78, 5) is 0. The van der Waals surface area contributed by atoms with Crippen LogP contribution in [0.25, 0.3) is 42.4 Å². The maximum Gasteiger partial charge on any atom is 0.0398 e. The van der Waals surface area contributed by atoms with E-state index in [1.165, 1.54) is 42.4 Å². The summed E-state index contributed by atoms with van der Waals surface area (Å²) in [6.07, 6.45) is 0. The van der Waals surface area contributed by atoms with Gasteiger partial charge in [-0.15, -0.1) is 11.3 Å². The first-order valence-electron chi connectivity index (χ1n) is 10.8. The first kappa shape index (κ1) is 18.9. The molecule has 5 aromatic carbocycles. The number of hydrogen-bond donors (Lipinski definition) is 1. The van der Waals surface area contributed by atoms with Crippen molar-refractivity contribution in [1.29, 1.82) is 0 Å². The van der Waals surface area contributed by atoms with Gasteiger partial charge >= 0.3 is 0 Å². The summed E-state index contributed by atoms with van der Waals surface area (Å²) in [7, 11) is 0. The fourth-order valence-corrected chi connectivity index (χ4v) is 5.35. The molecule has 0 saturated carbocycles. The summed E-state index contributed by atoms with van der Waals surface area (Å²) in [5, 5.41) is 6.22. The molecule has 6 aromatic rings. The quantitative estimate of drug-likeness (QED) is 0.296. The van der Waals surface area contributed by atoms with E-state index >= 15 is 0 Å². The number of anilines is 2. The van der Waals surface area contributed by atoms with E-state index in [9.17, 15) is 0 Å². The lowest BCUT2D eigenvalue weighted by Crippen LogP contribution is -1.89. The summed E-state index contributed by atoms with van der Waals surface area (Å²) < 4.78 is 2.65. The molecule has 152 valence electrons. The zero-order valence-corrected chi connectivity index (χ0v) is 18.3. The standard InChI is InChI=1S/C30H21NS/c1-2-6-21(7-3-1)22-10-12-23(13-11-22)24-14-16-25(17-15-24)31-26-18-19-28-27-8-4-5-9-29(27)32-30(28)20-26/h1-20,31H. The van der Waals surface area contributed by atoms with Crippen molar-refractivity contribution < 1.29 is 0 Å². The number of nitrogens with one attached hydrogen (secondary N) is 1. The van der Waals surface area contributed by atoms with Crippen LogP contribution in [0.2, 0.25) is 0 Å². The molecule has 1 heterocycles. The summed E-state index contributed by atoms with van der Waals surface area (Å²) >= 11 is 1.85. The first-order chi connectivity index (χ1) is 15.8. The van der Waals surface area contributed by atoms with Gasteiger partial charge in [0.05, 0.1) is 0 Å². The van der Waals surface area contributed by atoms with Crippen molar-refractivity contribution in [2.24, 2.45) is 0 Å². The highest BCUT2D eigenvalue weighted by molar-refractivity contribution is 7.25. The Morgan fingerprint density at radius 3 is 1.66 bits per heavy atom. The van der Waals surface area contributed by atoms with Crippen molar-refractivity contribution in [3.8, 4) is 22.3 Å². The Kier molecular flexibility index (Phi) is 4.71. The van der Waals surface area contributed by atoms with E-state index in [0.29, 0.717) is 0 Å². The predicted octanol–water partition coefficient (Wildman–Crippen LogP) is 9.13. The molecule has 0 unspecified atom stereocenters. The molecular formula is C30H21NS. The molecule has 1 aromatic heterocycles. The molecule has 0 saturated heterocycles. The van der Waals surface area contributed by atoms with E-state index in [0.717, 1.165) is 11.4 Å². The maximum absolute atomic E-state index is 3.56. The van der Waals surface area contributed by atoms with Gasteiger partial charge in [-0.2, -0.15) is 0 Å². The van der Waals surface area contributed by atoms with E-state index in [1.807, 2.05) is 17.4 Å². The van der Waals surface area contributed by atoms with Crippen LogP contribution in [-0.4, -0.2) is 0 Å². The van der Waals surface area contributed by atoms with Crippen LogP contribution in [-0.2, 0) is 0 Å². The highest BCUT2D eigenvalue weighted by atomic mass is 32.1. The topological polar surface area (TPSA) is 12.0 Å². The summed E-state index contributed by atoms with van der Waals surface area (Å²) in [5.74, 6) is 0. The number of hydrogen-bond acceptors (Lipinski definition) is 2. The molecule has 32 heavy (non-hydrogen) atoms. The van der Waals surface area contributed by atoms with Crippen molar-refractivity contribution in [2.75, 3.05) is 5.32 Å². The van der Waals surface area contributed by atoms with Crippen LogP contribution < -0.4 is 5.32 Å². The van der Waals surface area contributed by atoms with Crippen molar-refractivity contribution in [2.45, 2.75) is 0 Å². The minimum atomic E-state index is 1.09. The third-order valence-corrected chi connectivity index (χ3v) is 7.01. The monoisotopic (exact) mass is 427 g/mol. The molecule has 0 fully saturated rings. The molecule has 2 heteroatoms. The van der Waals surface area contributed by atoms with Gasteiger partial charge in [-0.1, -0.05) is 91.0 Å². The Bertz CT molecular complexity index is 1510. The third-order valence-electron chi connectivity index (χ3n) is 5.88. The van der Waals surface area contributed by atoms with Gasteiger partial charge in [-0.25, -0.2) is 0 Å². The summed E-state index contributed by atoms with van der Waals surface area (Å²) in [6.45, 7) is 0. The van der Waals surface area contributed by atoms with Gasteiger partial charge in [0.2, 0.25) is 0 Å². The fourth-order valence-electron chi connectivity index (χ4n) is 4.20. The number of rotatable bonds is 4. The summed E-state index contributed by atoms with van der Waals surface area (Å²) in [5.41, 5.74) is 7.13. The zero-order chi connectivity index (χ0) is 21.3.